The van der Waals surface area contributed by atoms with Gasteiger partial charge in [0.1, 0.15) is 11.5 Å². The fourth-order valence-electron chi connectivity index (χ4n) is 3.21. The van der Waals surface area contributed by atoms with Gasteiger partial charge in [-0.25, -0.2) is 4.79 Å². The van der Waals surface area contributed by atoms with Gasteiger partial charge in [-0.05, 0) is 49.8 Å². The second kappa shape index (κ2) is 6.16. The number of hydrogen-bond acceptors (Lipinski definition) is 3. The maximum Gasteiger partial charge on any atom is 0.318 e. The summed E-state index contributed by atoms with van der Waals surface area (Å²) in [5, 5.41) is 5.17. The Morgan fingerprint density at radius 3 is 3.00 bits per heavy atom. The Bertz CT molecular complexity index is 674. The van der Waals surface area contributed by atoms with E-state index in [9.17, 15) is 4.79 Å². The number of aryl methyl sites for hydroxylation is 2. The van der Waals surface area contributed by atoms with Crippen molar-refractivity contribution in [3.63, 3.8) is 0 Å². The number of rotatable bonds is 3. The standard InChI is InChI=1S/C17H22N2O2S/c1-4-15-14-6-8-22-16(14)5-7-19(15)17(20)18-10-13-9-11(2)21-12(13)3/h6,8-9,15H,4-5,7,10H2,1-3H3,(H,18,20). The molecule has 1 aliphatic rings. The first-order valence-electron chi connectivity index (χ1n) is 7.76. The van der Waals surface area contributed by atoms with Crippen molar-refractivity contribution in [2.24, 2.45) is 0 Å². The van der Waals surface area contributed by atoms with Crippen LogP contribution < -0.4 is 5.32 Å². The van der Waals surface area contributed by atoms with Crippen LogP contribution in [0.15, 0.2) is 21.9 Å². The zero-order valence-corrected chi connectivity index (χ0v) is 14.1. The maximum absolute atomic E-state index is 12.6. The Balaban J connectivity index is 1.68. The predicted molar refractivity (Wildman–Crippen MR) is 88.2 cm³/mol. The molecule has 4 nitrogen and oxygen atoms in total. The zero-order chi connectivity index (χ0) is 15.7. The third-order valence-corrected chi connectivity index (χ3v) is 5.31. The van der Waals surface area contributed by atoms with E-state index in [1.54, 1.807) is 11.3 Å². The molecule has 3 heterocycles. The van der Waals surface area contributed by atoms with Gasteiger partial charge in [0.05, 0.1) is 6.04 Å². The highest BCUT2D eigenvalue weighted by Crippen LogP contribution is 2.35. The van der Waals surface area contributed by atoms with Gasteiger partial charge in [-0.3, -0.25) is 0 Å². The summed E-state index contributed by atoms with van der Waals surface area (Å²) in [6.07, 6.45) is 1.90. The number of urea groups is 1. The minimum atomic E-state index is 0.0157. The van der Waals surface area contributed by atoms with E-state index in [-0.39, 0.29) is 12.1 Å². The van der Waals surface area contributed by atoms with Gasteiger partial charge in [0.2, 0.25) is 0 Å². The number of hydrogen-bond donors (Lipinski definition) is 1. The summed E-state index contributed by atoms with van der Waals surface area (Å²) in [7, 11) is 0. The first-order chi connectivity index (χ1) is 10.6. The molecule has 0 radical (unpaired) electrons. The van der Waals surface area contributed by atoms with E-state index in [1.807, 2.05) is 24.8 Å². The summed E-state index contributed by atoms with van der Waals surface area (Å²) in [6.45, 7) is 7.31. The summed E-state index contributed by atoms with van der Waals surface area (Å²) in [4.78, 5) is 16.0. The molecule has 1 aliphatic heterocycles. The molecule has 0 aromatic carbocycles. The van der Waals surface area contributed by atoms with Gasteiger partial charge >= 0.3 is 6.03 Å². The molecule has 1 unspecified atom stereocenters. The molecular formula is C17H22N2O2S. The number of fused-ring (bicyclic) bond motifs is 1. The van der Waals surface area contributed by atoms with E-state index in [2.05, 4.69) is 23.7 Å². The highest BCUT2D eigenvalue weighted by atomic mass is 32.1. The van der Waals surface area contributed by atoms with Gasteiger partial charge in [0.15, 0.2) is 0 Å². The van der Waals surface area contributed by atoms with Gasteiger partial charge in [-0.1, -0.05) is 6.92 Å². The molecule has 5 heteroatoms. The molecule has 0 aliphatic carbocycles. The second-order valence-electron chi connectivity index (χ2n) is 5.76. The normalized spacial score (nSPS) is 17.4. The number of amides is 2. The highest BCUT2D eigenvalue weighted by Gasteiger charge is 2.30. The van der Waals surface area contributed by atoms with Crippen LogP contribution in [0.4, 0.5) is 4.79 Å². The quantitative estimate of drug-likeness (QED) is 0.923. The Labute approximate surface area is 135 Å². The van der Waals surface area contributed by atoms with Crippen LogP contribution in [0.25, 0.3) is 0 Å². The summed E-state index contributed by atoms with van der Waals surface area (Å²) < 4.78 is 5.51. The lowest BCUT2D eigenvalue weighted by molar-refractivity contribution is 0.167. The van der Waals surface area contributed by atoms with Gasteiger partial charge < -0.3 is 14.6 Å². The molecule has 2 aromatic heterocycles. The summed E-state index contributed by atoms with van der Waals surface area (Å²) >= 11 is 1.80. The first-order valence-corrected chi connectivity index (χ1v) is 8.64. The highest BCUT2D eigenvalue weighted by molar-refractivity contribution is 7.10. The van der Waals surface area contributed by atoms with Crippen LogP contribution >= 0.6 is 11.3 Å². The Hall–Kier alpha value is -1.75. The van der Waals surface area contributed by atoms with Crippen LogP contribution in [0.3, 0.4) is 0 Å². The topological polar surface area (TPSA) is 45.5 Å². The molecule has 22 heavy (non-hydrogen) atoms. The van der Waals surface area contributed by atoms with Crippen molar-refractivity contribution < 1.29 is 9.21 Å². The van der Waals surface area contributed by atoms with Crippen LogP contribution in [-0.2, 0) is 13.0 Å². The average molecular weight is 318 g/mol. The third-order valence-electron chi connectivity index (χ3n) is 4.32. The summed E-state index contributed by atoms with van der Waals surface area (Å²) in [5.74, 6) is 1.76. The van der Waals surface area contributed by atoms with Crippen LogP contribution in [-0.4, -0.2) is 17.5 Å². The fourth-order valence-corrected chi connectivity index (χ4v) is 4.14. The molecule has 118 valence electrons. The molecule has 0 spiro atoms. The SMILES string of the molecule is CCC1c2ccsc2CCN1C(=O)NCc1cc(C)oc1C. The van der Waals surface area contributed by atoms with E-state index < -0.39 is 0 Å². The van der Waals surface area contributed by atoms with E-state index in [0.29, 0.717) is 6.54 Å². The van der Waals surface area contributed by atoms with Crippen molar-refractivity contribution in [3.8, 4) is 0 Å². The first kappa shape index (κ1) is 15.2. The van der Waals surface area contributed by atoms with Crippen molar-refractivity contribution >= 4 is 17.4 Å². The van der Waals surface area contributed by atoms with E-state index in [1.165, 1.54) is 10.4 Å². The van der Waals surface area contributed by atoms with Gasteiger partial charge in [0, 0.05) is 23.5 Å². The van der Waals surface area contributed by atoms with Crippen LogP contribution in [0.5, 0.6) is 0 Å². The zero-order valence-electron chi connectivity index (χ0n) is 13.3. The molecule has 3 rings (SSSR count). The maximum atomic E-state index is 12.6. The monoisotopic (exact) mass is 318 g/mol. The Morgan fingerprint density at radius 1 is 1.50 bits per heavy atom. The van der Waals surface area contributed by atoms with Crippen LogP contribution in [0, 0.1) is 13.8 Å². The summed E-state index contributed by atoms with van der Waals surface area (Å²) in [5.41, 5.74) is 2.37. The van der Waals surface area contributed by atoms with Crippen molar-refractivity contribution in [2.45, 2.75) is 46.2 Å². The second-order valence-corrected chi connectivity index (χ2v) is 6.76. The largest absolute Gasteiger partial charge is 0.466 e. The molecule has 0 fully saturated rings. The van der Waals surface area contributed by atoms with Gasteiger partial charge in [0.25, 0.3) is 0 Å². The average Bonchev–Trinajstić information content (AvgIpc) is 3.09. The lowest BCUT2D eigenvalue weighted by Gasteiger charge is -2.35. The molecular weight excluding hydrogens is 296 g/mol. The molecule has 1 atom stereocenters. The van der Waals surface area contributed by atoms with Crippen molar-refractivity contribution in [3.05, 3.63) is 45.0 Å². The number of furan rings is 1. The smallest absolute Gasteiger partial charge is 0.318 e. The number of carbonyl (C=O) groups excluding carboxylic acids is 1. The lowest BCUT2D eigenvalue weighted by Crippen LogP contribution is -2.44. The molecule has 2 amide bonds. The van der Waals surface area contributed by atoms with Crippen LogP contribution in [0.1, 0.15) is 46.9 Å². The minimum absolute atomic E-state index is 0.0157. The Kier molecular flexibility index (Phi) is 4.25. The fraction of sp³-hybridized carbons (Fsp3) is 0.471. The number of carbonyl (C=O) groups is 1. The van der Waals surface area contributed by atoms with Crippen molar-refractivity contribution in [1.82, 2.24) is 10.2 Å². The number of nitrogens with one attached hydrogen (secondary N) is 1. The predicted octanol–water partition coefficient (Wildman–Crippen LogP) is 4.18. The van der Waals surface area contributed by atoms with E-state index in [0.717, 1.165) is 36.5 Å². The molecule has 2 aromatic rings. The van der Waals surface area contributed by atoms with Crippen molar-refractivity contribution in [2.75, 3.05) is 6.54 Å². The van der Waals surface area contributed by atoms with Gasteiger partial charge in [-0.2, -0.15) is 0 Å². The Morgan fingerprint density at radius 2 is 2.32 bits per heavy atom. The lowest BCUT2D eigenvalue weighted by atomic mass is 9.98. The summed E-state index contributed by atoms with van der Waals surface area (Å²) in [6, 6.07) is 4.36. The van der Waals surface area contributed by atoms with E-state index >= 15 is 0 Å². The van der Waals surface area contributed by atoms with Crippen LogP contribution in [0.2, 0.25) is 0 Å². The third kappa shape index (κ3) is 2.77. The number of nitrogens with zero attached hydrogens (tertiary/aromatic N) is 1. The molecule has 0 saturated carbocycles. The number of thiophene rings is 1. The molecule has 1 N–H and O–H groups in total. The molecule has 0 saturated heterocycles. The minimum Gasteiger partial charge on any atom is -0.466 e. The molecule has 0 bridgehead atoms. The van der Waals surface area contributed by atoms with E-state index in [4.69, 9.17) is 4.42 Å². The van der Waals surface area contributed by atoms with Crippen molar-refractivity contribution in [1.29, 1.82) is 0 Å². The van der Waals surface area contributed by atoms with Gasteiger partial charge in [-0.15, -0.1) is 11.3 Å².